The van der Waals surface area contributed by atoms with Crippen LogP contribution in [0.15, 0.2) is 48.7 Å². The molecule has 0 radical (unpaired) electrons. The second kappa shape index (κ2) is 7.00. The van der Waals surface area contributed by atoms with Gasteiger partial charge in [0.15, 0.2) is 11.6 Å². The molecule has 0 saturated heterocycles. The highest BCUT2D eigenvalue weighted by atomic mass is 19.4. The molecule has 7 nitrogen and oxygen atoms in total. The minimum absolute atomic E-state index is 0.200. The van der Waals surface area contributed by atoms with E-state index in [1.807, 2.05) is 0 Å². The van der Waals surface area contributed by atoms with Crippen molar-refractivity contribution in [2.24, 2.45) is 0 Å². The molecule has 0 N–H and O–H groups in total. The number of rotatable bonds is 4. The summed E-state index contributed by atoms with van der Waals surface area (Å²) in [5, 5.41) is 7.96. The van der Waals surface area contributed by atoms with Crippen LogP contribution >= 0.6 is 0 Å². The lowest BCUT2D eigenvalue weighted by Crippen LogP contribution is -2.17. The van der Waals surface area contributed by atoms with Crippen molar-refractivity contribution >= 4 is 11.0 Å². The van der Waals surface area contributed by atoms with Gasteiger partial charge in [-0.25, -0.2) is 14.4 Å². The predicted octanol–water partition coefficient (Wildman–Crippen LogP) is 3.92. The zero-order chi connectivity index (χ0) is 20.6. The van der Waals surface area contributed by atoms with Gasteiger partial charge >= 0.3 is 6.36 Å². The highest BCUT2D eigenvalue weighted by Gasteiger charge is 2.31. The number of halogens is 4. The van der Waals surface area contributed by atoms with Crippen molar-refractivity contribution in [3.05, 3.63) is 54.5 Å². The molecule has 0 spiro atoms. The summed E-state index contributed by atoms with van der Waals surface area (Å²) in [6, 6.07) is 9.47. The third kappa shape index (κ3) is 3.79. The Kier molecular flexibility index (Phi) is 4.49. The molecule has 1 aromatic carbocycles. The predicted molar refractivity (Wildman–Crippen MR) is 93.1 cm³/mol. The van der Waals surface area contributed by atoms with E-state index >= 15 is 0 Å². The van der Waals surface area contributed by atoms with Crippen LogP contribution in [0.4, 0.5) is 17.6 Å². The quantitative estimate of drug-likeness (QED) is 0.479. The van der Waals surface area contributed by atoms with Gasteiger partial charge in [-0.3, -0.25) is 4.57 Å². The Balaban J connectivity index is 1.91. The van der Waals surface area contributed by atoms with Gasteiger partial charge in [0.2, 0.25) is 5.88 Å². The van der Waals surface area contributed by atoms with Crippen LogP contribution in [-0.2, 0) is 0 Å². The number of ether oxygens (including phenoxy) is 2. The Hall–Kier alpha value is -3.76. The summed E-state index contributed by atoms with van der Waals surface area (Å²) in [4.78, 5) is 8.36. The SMILES string of the molecule is COc1ccc(-n2c(-c3ccc(F)cn3)nc3cc(OC(F)(F)F)ccc32)nn1. The van der Waals surface area contributed by atoms with Crippen molar-refractivity contribution in [2.45, 2.75) is 6.36 Å². The number of nitrogens with zero attached hydrogens (tertiary/aromatic N) is 5. The molecule has 29 heavy (non-hydrogen) atoms. The Labute approximate surface area is 160 Å². The largest absolute Gasteiger partial charge is 0.573 e. The molecular formula is C18H11F4N5O2. The van der Waals surface area contributed by atoms with E-state index in [-0.39, 0.29) is 17.2 Å². The van der Waals surface area contributed by atoms with Crippen LogP contribution < -0.4 is 9.47 Å². The van der Waals surface area contributed by atoms with Crippen molar-refractivity contribution in [1.29, 1.82) is 0 Å². The van der Waals surface area contributed by atoms with Crippen molar-refractivity contribution in [2.75, 3.05) is 7.11 Å². The highest BCUT2D eigenvalue weighted by molar-refractivity contribution is 5.83. The summed E-state index contributed by atoms with van der Waals surface area (Å²) in [5.41, 5.74) is 0.920. The third-order valence-corrected chi connectivity index (χ3v) is 3.88. The van der Waals surface area contributed by atoms with Gasteiger partial charge in [-0.15, -0.1) is 23.4 Å². The van der Waals surface area contributed by atoms with Crippen LogP contribution in [0, 0.1) is 5.82 Å². The van der Waals surface area contributed by atoms with E-state index < -0.39 is 17.9 Å². The van der Waals surface area contributed by atoms with Gasteiger partial charge < -0.3 is 9.47 Å². The molecule has 148 valence electrons. The van der Waals surface area contributed by atoms with Crippen molar-refractivity contribution < 1.29 is 27.0 Å². The first-order chi connectivity index (χ1) is 13.8. The van der Waals surface area contributed by atoms with E-state index in [1.165, 1.54) is 25.3 Å². The van der Waals surface area contributed by atoms with E-state index in [4.69, 9.17) is 4.74 Å². The van der Waals surface area contributed by atoms with Crippen molar-refractivity contribution in [3.8, 4) is 29.0 Å². The van der Waals surface area contributed by atoms with Gasteiger partial charge in [-0.1, -0.05) is 0 Å². The van der Waals surface area contributed by atoms with Gasteiger partial charge in [0.05, 0.1) is 24.3 Å². The van der Waals surface area contributed by atoms with Gasteiger partial charge in [0, 0.05) is 12.1 Å². The van der Waals surface area contributed by atoms with Crippen molar-refractivity contribution in [3.63, 3.8) is 0 Å². The summed E-state index contributed by atoms with van der Waals surface area (Å²) in [6.45, 7) is 0. The number of benzene rings is 1. The molecule has 3 heterocycles. The lowest BCUT2D eigenvalue weighted by atomic mass is 10.3. The zero-order valence-corrected chi connectivity index (χ0v) is 14.7. The highest BCUT2D eigenvalue weighted by Crippen LogP contribution is 2.31. The fourth-order valence-electron chi connectivity index (χ4n) is 2.71. The standard InChI is InChI=1S/C18H11F4N5O2/c1-28-16-7-6-15(25-26-16)27-14-5-3-11(29-18(20,21)22)8-13(14)24-17(27)12-4-2-10(19)9-23-12/h2-9H,1H3. The maximum absolute atomic E-state index is 13.3. The number of hydrogen-bond acceptors (Lipinski definition) is 6. The fraction of sp³-hybridized carbons (Fsp3) is 0.111. The molecule has 4 rings (SSSR count). The molecule has 3 aromatic heterocycles. The van der Waals surface area contributed by atoms with Crippen LogP contribution in [0.3, 0.4) is 0 Å². The molecule has 0 atom stereocenters. The summed E-state index contributed by atoms with van der Waals surface area (Å²) in [7, 11) is 1.44. The maximum Gasteiger partial charge on any atom is 0.573 e. The second-order valence-corrected chi connectivity index (χ2v) is 5.76. The summed E-state index contributed by atoms with van der Waals surface area (Å²) in [5.74, 6) is -0.126. The number of hydrogen-bond donors (Lipinski definition) is 0. The number of fused-ring (bicyclic) bond motifs is 1. The normalized spacial score (nSPS) is 11.6. The van der Waals surface area contributed by atoms with Gasteiger partial charge in [-0.05, 0) is 30.3 Å². The summed E-state index contributed by atoms with van der Waals surface area (Å²) in [6.07, 6.45) is -3.82. The van der Waals surface area contributed by atoms with Gasteiger partial charge in [-0.2, -0.15) is 0 Å². The minimum atomic E-state index is -4.83. The molecule has 0 aliphatic heterocycles. The lowest BCUT2D eigenvalue weighted by Gasteiger charge is -2.09. The molecule has 11 heteroatoms. The number of methoxy groups -OCH3 is 1. The van der Waals surface area contributed by atoms with Crippen LogP contribution in [0.5, 0.6) is 11.6 Å². The van der Waals surface area contributed by atoms with Crippen molar-refractivity contribution in [1.82, 2.24) is 24.7 Å². The molecule has 0 bridgehead atoms. The Morgan fingerprint density at radius 1 is 1.00 bits per heavy atom. The lowest BCUT2D eigenvalue weighted by molar-refractivity contribution is -0.274. The Morgan fingerprint density at radius 2 is 1.83 bits per heavy atom. The number of alkyl halides is 3. The van der Waals surface area contributed by atoms with Crippen LogP contribution in [0.1, 0.15) is 0 Å². The number of aromatic nitrogens is 5. The first-order valence-corrected chi connectivity index (χ1v) is 8.12. The van der Waals surface area contributed by atoms with E-state index in [0.29, 0.717) is 17.0 Å². The maximum atomic E-state index is 13.3. The molecule has 0 aliphatic carbocycles. The number of imidazole rings is 1. The monoisotopic (exact) mass is 405 g/mol. The fourth-order valence-corrected chi connectivity index (χ4v) is 2.71. The molecule has 4 aromatic rings. The average Bonchev–Trinajstić information content (AvgIpc) is 3.06. The smallest absolute Gasteiger partial charge is 0.480 e. The summed E-state index contributed by atoms with van der Waals surface area (Å²) < 4.78 is 61.4. The first kappa shape index (κ1) is 18.6. The van der Waals surface area contributed by atoms with Crippen LogP contribution in [0.25, 0.3) is 28.4 Å². The Morgan fingerprint density at radius 3 is 2.45 bits per heavy atom. The third-order valence-electron chi connectivity index (χ3n) is 3.88. The van der Waals surface area contributed by atoms with Gasteiger partial charge in [0.25, 0.3) is 0 Å². The van der Waals surface area contributed by atoms with E-state index in [2.05, 4.69) is 24.9 Å². The first-order valence-electron chi connectivity index (χ1n) is 8.12. The van der Waals surface area contributed by atoms with E-state index in [9.17, 15) is 17.6 Å². The zero-order valence-electron chi connectivity index (χ0n) is 14.7. The molecule has 0 amide bonds. The van der Waals surface area contributed by atoms with Gasteiger partial charge in [0.1, 0.15) is 17.3 Å². The second-order valence-electron chi connectivity index (χ2n) is 5.76. The molecule has 0 saturated carbocycles. The van der Waals surface area contributed by atoms with E-state index in [1.54, 1.807) is 16.7 Å². The minimum Gasteiger partial charge on any atom is -0.480 e. The molecule has 0 fully saturated rings. The number of pyridine rings is 1. The molecule has 0 unspecified atom stereocenters. The van der Waals surface area contributed by atoms with E-state index in [0.717, 1.165) is 18.3 Å². The summed E-state index contributed by atoms with van der Waals surface area (Å²) >= 11 is 0. The molecule has 0 aliphatic rings. The average molecular weight is 405 g/mol. The molecular weight excluding hydrogens is 394 g/mol. The topological polar surface area (TPSA) is 75.0 Å². The van der Waals surface area contributed by atoms with Crippen LogP contribution in [0.2, 0.25) is 0 Å². The van der Waals surface area contributed by atoms with Crippen LogP contribution in [-0.4, -0.2) is 38.2 Å². The Bertz CT molecular complexity index is 1160.